The summed E-state index contributed by atoms with van der Waals surface area (Å²) in [7, 11) is 3.96. The second-order valence-corrected chi connectivity index (χ2v) is 7.20. The minimum absolute atomic E-state index is 0. The number of nitrogens with one attached hydrogen (secondary N) is 1. The lowest BCUT2D eigenvalue weighted by Gasteiger charge is -2.34. The first-order chi connectivity index (χ1) is 12.7. The van der Waals surface area contributed by atoms with Crippen LogP contribution in [-0.4, -0.2) is 74.0 Å². The third-order valence-electron chi connectivity index (χ3n) is 5.21. The Morgan fingerprint density at radius 3 is 2.19 bits per heavy atom. The van der Waals surface area contributed by atoms with Gasteiger partial charge in [0.25, 0.3) is 0 Å². The molecule has 6 heteroatoms. The molecule has 0 spiro atoms. The zero-order chi connectivity index (χ0) is 18.8. The van der Waals surface area contributed by atoms with E-state index in [2.05, 4.69) is 70.2 Å². The van der Waals surface area contributed by atoms with Crippen molar-refractivity contribution in [2.75, 3.05) is 53.4 Å². The largest absolute Gasteiger partial charge is 0.352 e. The van der Waals surface area contributed by atoms with Gasteiger partial charge in [-0.05, 0) is 24.1 Å². The highest BCUT2D eigenvalue weighted by Gasteiger charge is 2.15. The van der Waals surface area contributed by atoms with Gasteiger partial charge in [-0.3, -0.25) is 9.89 Å². The molecule has 0 aliphatic carbocycles. The summed E-state index contributed by atoms with van der Waals surface area (Å²) in [5, 5.41) is 3.47. The van der Waals surface area contributed by atoms with E-state index in [1.807, 2.05) is 7.05 Å². The molecule has 1 saturated heterocycles. The minimum Gasteiger partial charge on any atom is -0.352 e. The first kappa shape index (κ1) is 24.2. The predicted octanol–water partition coefficient (Wildman–Crippen LogP) is 3.25. The van der Waals surface area contributed by atoms with E-state index >= 15 is 0 Å². The molecule has 0 aromatic heterocycles. The van der Waals surface area contributed by atoms with Crippen LogP contribution in [0.1, 0.15) is 37.8 Å². The van der Waals surface area contributed by atoms with Crippen molar-refractivity contribution in [2.24, 2.45) is 4.99 Å². The second kappa shape index (κ2) is 13.3. The summed E-state index contributed by atoms with van der Waals surface area (Å²) >= 11 is 0. The van der Waals surface area contributed by atoms with Crippen molar-refractivity contribution in [1.29, 1.82) is 0 Å². The Balaban J connectivity index is 0.00000364. The molecule has 2 rings (SSSR count). The zero-order valence-electron chi connectivity index (χ0n) is 17.6. The van der Waals surface area contributed by atoms with Crippen LogP contribution in [0.4, 0.5) is 0 Å². The predicted molar refractivity (Wildman–Crippen MR) is 127 cm³/mol. The molecule has 0 saturated carbocycles. The van der Waals surface area contributed by atoms with Gasteiger partial charge in [-0.2, -0.15) is 0 Å². The summed E-state index contributed by atoms with van der Waals surface area (Å²) in [4.78, 5) is 11.7. The van der Waals surface area contributed by atoms with E-state index in [0.29, 0.717) is 0 Å². The Morgan fingerprint density at radius 1 is 1.04 bits per heavy atom. The van der Waals surface area contributed by atoms with Gasteiger partial charge in [0.1, 0.15) is 0 Å². The van der Waals surface area contributed by atoms with Crippen LogP contribution in [0.2, 0.25) is 0 Å². The topological polar surface area (TPSA) is 34.1 Å². The average Bonchev–Trinajstić information content (AvgIpc) is 2.68. The highest BCUT2D eigenvalue weighted by atomic mass is 127. The van der Waals surface area contributed by atoms with Gasteiger partial charge < -0.3 is 15.1 Å². The molecule has 1 aromatic rings. The quantitative estimate of drug-likeness (QED) is 0.347. The van der Waals surface area contributed by atoms with E-state index in [9.17, 15) is 0 Å². The Labute approximate surface area is 183 Å². The number of unbranched alkanes of at least 4 members (excludes halogenated alkanes) is 1. The summed E-state index contributed by atoms with van der Waals surface area (Å²) < 4.78 is 0. The van der Waals surface area contributed by atoms with Gasteiger partial charge in [0, 0.05) is 59.9 Å². The fourth-order valence-corrected chi connectivity index (χ4v) is 3.35. The fourth-order valence-electron chi connectivity index (χ4n) is 3.35. The van der Waals surface area contributed by atoms with Crippen molar-refractivity contribution in [3.8, 4) is 0 Å². The van der Waals surface area contributed by atoms with Crippen molar-refractivity contribution < 1.29 is 0 Å². The minimum atomic E-state index is 0. The summed E-state index contributed by atoms with van der Waals surface area (Å²) in [6.07, 6.45) is 2.40. The molecular weight excluding hydrogens is 449 g/mol. The van der Waals surface area contributed by atoms with Gasteiger partial charge in [-0.25, -0.2) is 0 Å². The number of hydrogen-bond donors (Lipinski definition) is 1. The zero-order valence-corrected chi connectivity index (χ0v) is 19.9. The Morgan fingerprint density at radius 2 is 1.63 bits per heavy atom. The molecule has 0 amide bonds. The number of hydrogen-bond acceptors (Lipinski definition) is 3. The molecule has 1 N–H and O–H groups in total. The van der Waals surface area contributed by atoms with E-state index in [1.54, 1.807) is 0 Å². The van der Waals surface area contributed by atoms with Crippen molar-refractivity contribution in [1.82, 2.24) is 20.0 Å². The monoisotopic (exact) mass is 487 g/mol. The molecule has 27 heavy (non-hydrogen) atoms. The highest BCUT2D eigenvalue weighted by Crippen LogP contribution is 2.10. The van der Waals surface area contributed by atoms with Gasteiger partial charge >= 0.3 is 0 Å². The Hall–Kier alpha value is -0.860. The van der Waals surface area contributed by atoms with Crippen molar-refractivity contribution >= 4 is 29.9 Å². The number of benzene rings is 1. The number of guanidine groups is 1. The fraction of sp³-hybridized carbons (Fsp3) is 0.667. The van der Waals surface area contributed by atoms with Crippen molar-refractivity contribution in [2.45, 2.75) is 39.8 Å². The molecule has 154 valence electrons. The normalized spacial score (nSPS) is 16.1. The third-order valence-corrected chi connectivity index (χ3v) is 5.21. The van der Waals surface area contributed by atoms with E-state index in [0.717, 1.165) is 25.6 Å². The van der Waals surface area contributed by atoms with E-state index in [1.165, 1.54) is 56.7 Å². The van der Waals surface area contributed by atoms with Gasteiger partial charge in [-0.1, -0.05) is 44.5 Å². The number of halogens is 1. The van der Waals surface area contributed by atoms with Crippen LogP contribution in [0.5, 0.6) is 0 Å². The second-order valence-electron chi connectivity index (χ2n) is 7.20. The molecular formula is C21H38IN5. The molecule has 1 aliphatic heterocycles. The molecule has 0 unspecified atom stereocenters. The van der Waals surface area contributed by atoms with Crippen LogP contribution in [0.25, 0.3) is 0 Å². The standard InChI is InChI=1S/C21H37N5.HI/c1-5-7-12-24(4)21(22-3)23-17-19-8-10-20(11-9-19)18-26-15-13-25(6-2)14-16-26;/h8-11H,5-7,12-18H2,1-4H3,(H,22,23);1H. The van der Waals surface area contributed by atoms with Crippen LogP contribution in [0.3, 0.4) is 0 Å². The lowest BCUT2D eigenvalue weighted by Crippen LogP contribution is -2.45. The molecule has 1 aromatic carbocycles. The van der Waals surface area contributed by atoms with E-state index in [-0.39, 0.29) is 24.0 Å². The maximum absolute atomic E-state index is 4.38. The van der Waals surface area contributed by atoms with Crippen molar-refractivity contribution in [3.05, 3.63) is 35.4 Å². The highest BCUT2D eigenvalue weighted by molar-refractivity contribution is 14.0. The van der Waals surface area contributed by atoms with Gasteiger partial charge in [0.2, 0.25) is 0 Å². The maximum atomic E-state index is 4.38. The summed E-state index contributed by atoms with van der Waals surface area (Å²) in [5.41, 5.74) is 2.71. The van der Waals surface area contributed by atoms with E-state index < -0.39 is 0 Å². The Kier molecular flexibility index (Phi) is 11.9. The van der Waals surface area contributed by atoms with Crippen LogP contribution in [-0.2, 0) is 13.1 Å². The third kappa shape index (κ3) is 8.35. The SMILES string of the molecule is CCCCN(C)C(=NC)NCc1ccc(CN2CCN(CC)CC2)cc1.I. The molecule has 0 bridgehead atoms. The maximum Gasteiger partial charge on any atom is 0.193 e. The van der Waals surface area contributed by atoms with Gasteiger partial charge in [0.15, 0.2) is 5.96 Å². The lowest BCUT2D eigenvalue weighted by molar-refractivity contribution is 0.132. The number of nitrogens with zero attached hydrogens (tertiary/aromatic N) is 4. The summed E-state index contributed by atoms with van der Waals surface area (Å²) in [5.74, 6) is 0.969. The van der Waals surface area contributed by atoms with Crippen molar-refractivity contribution in [3.63, 3.8) is 0 Å². The first-order valence-corrected chi connectivity index (χ1v) is 10.1. The molecule has 0 radical (unpaired) electrons. The van der Waals surface area contributed by atoms with Crippen LogP contribution < -0.4 is 5.32 Å². The van der Waals surface area contributed by atoms with Crippen LogP contribution >= 0.6 is 24.0 Å². The Bertz CT molecular complexity index is 538. The summed E-state index contributed by atoms with van der Waals surface area (Å²) in [6, 6.07) is 9.02. The molecule has 5 nitrogen and oxygen atoms in total. The number of aliphatic imine (C=N–C) groups is 1. The molecule has 0 atom stereocenters. The van der Waals surface area contributed by atoms with Crippen LogP contribution in [0.15, 0.2) is 29.3 Å². The number of piperazine rings is 1. The molecule has 1 aliphatic rings. The smallest absolute Gasteiger partial charge is 0.193 e. The van der Waals surface area contributed by atoms with E-state index in [4.69, 9.17) is 0 Å². The van der Waals surface area contributed by atoms with Gasteiger partial charge in [0.05, 0.1) is 0 Å². The van der Waals surface area contributed by atoms with Crippen LogP contribution in [0, 0.1) is 0 Å². The number of rotatable bonds is 8. The van der Waals surface area contributed by atoms with Gasteiger partial charge in [-0.15, -0.1) is 24.0 Å². The number of likely N-dealkylation sites (N-methyl/N-ethyl adjacent to an activating group) is 1. The molecule has 1 fully saturated rings. The summed E-state index contributed by atoms with van der Waals surface area (Å²) in [6.45, 7) is 13.3. The average molecular weight is 487 g/mol. The lowest BCUT2D eigenvalue weighted by atomic mass is 10.1. The molecule has 1 heterocycles. The first-order valence-electron chi connectivity index (χ1n) is 10.1.